The number of halogens is 2. The molecule has 0 spiro atoms. The molecule has 1 saturated carbocycles. The third kappa shape index (κ3) is 4.90. The van der Waals surface area contributed by atoms with E-state index in [0.29, 0.717) is 18.0 Å². The third-order valence-corrected chi connectivity index (χ3v) is 3.51. The molecule has 0 radical (unpaired) electrons. The highest BCUT2D eigenvalue weighted by molar-refractivity contribution is 6.30. The van der Waals surface area contributed by atoms with Gasteiger partial charge in [-0.15, -0.1) is 0 Å². The van der Waals surface area contributed by atoms with Crippen LogP contribution in [0, 0.1) is 11.7 Å². The van der Waals surface area contributed by atoms with Crippen molar-refractivity contribution in [1.82, 2.24) is 10.2 Å². The third-order valence-electron chi connectivity index (χ3n) is 3.22. The molecule has 2 amide bonds. The second-order valence-electron chi connectivity index (χ2n) is 5.12. The van der Waals surface area contributed by atoms with Gasteiger partial charge in [0.2, 0.25) is 0 Å². The van der Waals surface area contributed by atoms with Crippen molar-refractivity contribution in [2.75, 3.05) is 13.1 Å². The molecular formula is C14H16ClFN2O3. The maximum Gasteiger partial charge on any atom is 0.323 e. The van der Waals surface area contributed by atoms with Crippen molar-refractivity contribution in [3.8, 4) is 0 Å². The summed E-state index contributed by atoms with van der Waals surface area (Å²) < 4.78 is 13.0. The van der Waals surface area contributed by atoms with E-state index in [-0.39, 0.29) is 18.1 Å². The fourth-order valence-corrected chi connectivity index (χ4v) is 2.14. The van der Waals surface area contributed by atoms with E-state index in [1.165, 1.54) is 23.1 Å². The molecule has 2 N–H and O–H groups in total. The average molecular weight is 315 g/mol. The number of carboxylic acids is 1. The monoisotopic (exact) mass is 314 g/mol. The van der Waals surface area contributed by atoms with Crippen LogP contribution >= 0.6 is 11.6 Å². The summed E-state index contributed by atoms with van der Waals surface area (Å²) in [6, 6.07) is 3.73. The summed E-state index contributed by atoms with van der Waals surface area (Å²) in [7, 11) is 0. The van der Waals surface area contributed by atoms with E-state index in [1.807, 2.05) is 0 Å². The van der Waals surface area contributed by atoms with Crippen LogP contribution in [0.2, 0.25) is 5.02 Å². The summed E-state index contributed by atoms with van der Waals surface area (Å²) in [5.74, 6) is -1.17. The molecule has 1 aliphatic carbocycles. The number of rotatable bonds is 6. The van der Waals surface area contributed by atoms with Gasteiger partial charge in [0.1, 0.15) is 12.4 Å². The number of hydrogen-bond donors (Lipinski definition) is 2. The molecule has 0 bridgehead atoms. The van der Waals surface area contributed by atoms with E-state index in [0.717, 1.165) is 12.8 Å². The number of aliphatic carboxylic acids is 1. The normalized spacial score (nSPS) is 13.8. The van der Waals surface area contributed by atoms with E-state index in [2.05, 4.69) is 5.32 Å². The molecule has 5 nitrogen and oxygen atoms in total. The summed E-state index contributed by atoms with van der Waals surface area (Å²) in [6.07, 6.45) is 2.05. The Bertz CT molecular complexity index is 549. The summed E-state index contributed by atoms with van der Waals surface area (Å²) in [5.41, 5.74) is 0.649. The zero-order valence-corrected chi connectivity index (χ0v) is 12.1. The lowest BCUT2D eigenvalue weighted by atomic mass is 10.2. The number of carbonyl (C=O) groups excluding carboxylic acids is 1. The number of carboxylic acid groups (broad SMARTS) is 1. The minimum atomic E-state index is -1.05. The first-order valence-corrected chi connectivity index (χ1v) is 7.02. The number of urea groups is 1. The maximum absolute atomic E-state index is 13.0. The lowest BCUT2D eigenvalue weighted by Crippen LogP contribution is -2.43. The van der Waals surface area contributed by atoms with Crippen LogP contribution < -0.4 is 5.32 Å². The van der Waals surface area contributed by atoms with Crippen LogP contribution in [0.4, 0.5) is 9.18 Å². The Balaban J connectivity index is 1.90. The number of amides is 2. The molecule has 1 aromatic rings. The predicted octanol–water partition coefficient (Wildman–Crippen LogP) is 2.49. The molecule has 0 atom stereocenters. The van der Waals surface area contributed by atoms with Gasteiger partial charge in [0.15, 0.2) is 0 Å². The molecule has 0 saturated heterocycles. The largest absolute Gasteiger partial charge is 0.480 e. The zero-order chi connectivity index (χ0) is 15.4. The van der Waals surface area contributed by atoms with Crippen LogP contribution in [0.5, 0.6) is 0 Å². The Hall–Kier alpha value is -1.82. The lowest BCUT2D eigenvalue weighted by Gasteiger charge is -2.21. The first kappa shape index (κ1) is 15.6. The van der Waals surface area contributed by atoms with Crippen LogP contribution in [0.3, 0.4) is 0 Å². The summed E-state index contributed by atoms with van der Waals surface area (Å²) in [4.78, 5) is 24.1. The number of hydrogen-bond acceptors (Lipinski definition) is 2. The van der Waals surface area contributed by atoms with Gasteiger partial charge in [-0.05, 0) is 36.5 Å². The van der Waals surface area contributed by atoms with E-state index < -0.39 is 17.8 Å². The Morgan fingerprint density at radius 2 is 2.14 bits per heavy atom. The van der Waals surface area contributed by atoms with Crippen molar-refractivity contribution in [2.24, 2.45) is 5.92 Å². The number of nitrogens with one attached hydrogen (secondary N) is 1. The van der Waals surface area contributed by atoms with Crippen molar-refractivity contribution in [3.05, 3.63) is 34.6 Å². The summed E-state index contributed by atoms with van der Waals surface area (Å²) >= 11 is 5.66. The molecule has 0 aliphatic heterocycles. The van der Waals surface area contributed by atoms with E-state index in [1.54, 1.807) is 0 Å². The second kappa shape index (κ2) is 6.76. The molecule has 21 heavy (non-hydrogen) atoms. The standard InChI is InChI=1S/C14H16ClFN2O3/c15-11-5-10(3-4-12(11)16)6-17-14(21)18(8-13(19)20)7-9-1-2-9/h3-5,9H,1-2,6-8H2,(H,17,21)(H,19,20). The topological polar surface area (TPSA) is 69.6 Å². The molecule has 1 fully saturated rings. The molecule has 0 heterocycles. The van der Waals surface area contributed by atoms with Crippen LogP contribution in [0.1, 0.15) is 18.4 Å². The minimum Gasteiger partial charge on any atom is -0.480 e. The zero-order valence-electron chi connectivity index (χ0n) is 11.3. The molecule has 1 aromatic carbocycles. The van der Waals surface area contributed by atoms with Gasteiger partial charge in [-0.3, -0.25) is 4.79 Å². The molecule has 0 aromatic heterocycles. The van der Waals surface area contributed by atoms with Gasteiger partial charge in [-0.1, -0.05) is 17.7 Å². The van der Waals surface area contributed by atoms with Crippen molar-refractivity contribution >= 4 is 23.6 Å². The van der Waals surface area contributed by atoms with Gasteiger partial charge in [0, 0.05) is 13.1 Å². The van der Waals surface area contributed by atoms with Crippen LogP contribution in [-0.4, -0.2) is 35.1 Å². The highest BCUT2D eigenvalue weighted by Gasteiger charge is 2.27. The minimum absolute atomic E-state index is 0.0119. The predicted molar refractivity (Wildman–Crippen MR) is 75.6 cm³/mol. The molecule has 0 unspecified atom stereocenters. The average Bonchev–Trinajstić information content (AvgIpc) is 3.22. The van der Waals surface area contributed by atoms with E-state index in [9.17, 15) is 14.0 Å². The van der Waals surface area contributed by atoms with Crippen molar-refractivity contribution < 1.29 is 19.1 Å². The Morgan fingerprint density at radius 3 is 2.71 bits per heavy atom. The highest BCUT2D eigenvalue weighted by atomic mass is 35.5. The van der Waals surface area contributed by atoms with E-state index in [4.69, 9.17) is 16.7 Å². The highest BCUT2D eigenvalue weighted by Crippen LogP contribution is 2.29. The molecule has 2 rings (SSSR count). The Labute approximate surface area is 126 Å². The van der Waals surface area contributed by atoms with Crippen molar-refractivity contribution in [1.29, 1.82) is 0 Å². The number of carbonyl (C=O) groups is 2. The second-order valence-corrected chi connectivity index (χ2v) is 5.53. The first-order chi connectivity index (χ1) is 9.95. The smallest absolute Gasteiger partial charge is 0.323 e. The molecule has 7 heteroatoms. The number of benzene rings is 1. The molecule has 114 valence electrons. The first-order valence-electron chi connectivity index (χ1n) is 6.64. The Morgan fingerprint density at radius 1 is 1.43 bits per heavy atom. The van der Waals surface area contributed by atoms with Gasteiger partial charge >= 0.3 is 12.0 Å². The summed E-state index contributed by atoms with van der Waals surface area (Å²) in [5, 5.41) is 11.5. The number of nitrogens with zero attached hydrogens (tertiary/aromatic N) is 1. The quantitative estimate of drug-likeness (QED) is 0.847. The lowest BCUT2D eigenvalue weighted by molar-refractivity contribution is -0.137. The molecule has 1 aliphatic rings. The maximum atomic E-state index is 13.0. The van der Waals surface area contributed by atoms with Gasteiger partial charge in [0.25, 0.3) is 0 Å². The SMILES string of the molecule is O=C(O)CN(CC1CC1)C(=O)NCc1ccc(F)c(Cl)c1. The van der Waals surface area contributed by atoms with Gasteiger partial charge in [-0.2, -0.15) is 0 Å². The van der Waals surface area contributed by atoms with Gasteiger partial charge in [-0.25, -0.2) is 9.18 Å². The fourth-order valence-electron chi connectivity index (χ4n) is 1.93. The molecular weight excluding hydrogens is 299 g/mol. The van der Waals surface area contributed by atoms with Crippen LogP contribution in [0.15, 0.2) is 18.2 Å². The van der Waals surface area contributed by atoms with Crippen LogP contribution in [0.25, 0.3) is 0 Å². The van der Waals surface area contributed by atoms with Gasteiger partial charge < -0.3 is 15.3 Å². The Kier molecular flexibility index (Phi) is 5.01. The fraction of sp³-hybridized carbons (Fsp3) is 0.429. The van der Waals surface area contributed by atoms with Gasteiger partial charge in [0.05, 0.1) is 5.02 Å². The van der Waals surface area contributed by atoms with Crippen LogP contribution in [-0.2, 0) is 11.3 Å². The van der Waals surface area contributed by atoms with E-state index >= 15 is 0 Å². The summed E-state index contributed by atoms with van der Waals surface area (Å²) in [6.45, 7) is 0.286. The van der Waals surface area contributed by atoms with Crippen molar-refractivity contribution in [2.45, 2.75) is 19.4 Å². The van der Waals surface area contributed by atoms with Crippen molar-refractivity contribution in [3.63, 3.8) is 0 Å².